The molecule has 0 bridgehead atoms. The SMILES string of the molecule is CNC(Cc1ccc(Cl)s1)c1cc(OC)ccc1Br. The number of hydrogen-bond donors (Lipinski definition) is 1. The van der Waals surface area contributed by atoms with Gasteiger partial charge in [-0.3, -0.25) is 0 Å². The van der Waals surface area contributed by atoms with E-state index < -0.39 is 0 Å². The van der Waals surface area contributed by atoms with Gasteiger partial charge in [-0.15, -0.1) is 11.3 Å². The zero-order valence-corrected chi connectivity index (χ0v) is 13.9. The van der Waals surface area contributed by atoms with E-state index in [1.54, 1.807) is 18.4 Å². The van der Waals surface area contributed by atoms with Crippen molar-refractivity contribution >= 4 is 38.9 Å². The Labute approximate surface area is 130 Å². The highest BCUT2D eigenvalue weighted by atomic mass is 79.9. The van der Waals surface area contributed by atoms with Gasteiger partial charge in [0.05, 0.1) is 11.4 Å². The number of halogens is 2. The van der Waals surface area contributed by atoms with E-state index in [-0.39, 0.29) is 6.04 Å². The molecule has 0 fully saturated rings. The van der Waals surface area contributed by atoms with Gasteiger partial charge in [0, 0.05) is 21.8 Å². The van der Waals surface area contributed by atoms with Crippen molar-refractivity contribution in [1.82, 2.24) is 5.32 Å². The van der Waals surface area contributed by atoms with Gasteiger partial charge in [0.1, 0.15) is 5.75 Å². The van der Waals surface area contributed by atoms with Crippen LogP contribution in [0.1, 0.15) is 16.5 Å². The molecule has 1 unspecified atom stereocenters. The fourth-order valence-corrected chi connectivity index (χ4v) is 3.60. The molecule has 2 nitrogen and oxygen atoms in total. The monoisotopic (exact) mass is 359 g/mol. The molecule has 1 atom stereocenters. The topological polar surface area (TPSA) is 21.3 Å². The van der Waals surface area contributed by atoms with Crippen LogP contribution in [0.5, 0.6) is 5.75 Å². The van der Waals surface area contributed by atoms with Crippen LogP contribution in [0.3, 0.4) is 0 Å². The van der Waals surface area contributed by atoms with Crippen molar-refractivity contribution in [1.29, 1.82) is 0 Å². The van der Waals surface area contributed by atoms with Crippen LogP contribution in [0.4, 0.5) is 0 Å². The summed E-state index contributed by atoms with van der Waals surface area (Å²) in [5.74, 6) is 0.864. The summed E-state index contributed by atoms with van der Waals surface area (Å²) in [5, 5.41) is 3.35. The number of hydrogen-bond acceptors (Lipinski definition) is 3. The van der Waals surface area contributed by atoms with Crippen LogP contribution >= 0.6 is 38.9 Å². The molecule has 1 aromatic carbocycles. The summed E-state index contributed by atoms with van der Waals surface area (Å²) in [7, 11) is 3.65. The lowest BCUT2D eigenvalue weighted by Crippen LogP contribution is -2.19. The first-order valence-corrected chi connectivity index (χ1v) is 7.87. The quantitative estimate of drug-likeness (QED) is 0.836. The van der Waals surface area contributed by atoms with Gasteiger partial charge < -0.3 is 10.1 Å². The summed E-state index contributed by atoms with van der Waals surface area (Å²) in [6.45, 7) is 0. The normalized spacial score (nSPS) is 12.4. The highest BCUT2D eigenvalue weighted by molar-refractivity contribution is 9.10. The maximum Gasteiger partial charge on any atom is 0.119 e. The van der Waals surface area contributed by atoms with Crippen LogP contribution in [0.25, 0.3) is 0 Å². The molecule has 0 aliphatic carbocycles. The molecule has 0 aliphatic rings. The second-order valence-corrected chi connectivity index (χ2v) is 6.79. The number of methoxy groups -OCH3 is 1. The van der Waals surface area contributed by atoms with Crippen molar-refractivity contribution in [2.45, 2.75) is 12.5 Å². The second-order valence-electron chi connectivity index (χ2n) is 4.14. The number of likely N-dealkylation sites (N-methyl/N-ethyl adjacent to an activating group) is 1. The Morgan fingerprint density at radius 1 is 1.37 bits per heavy atom. The van der Waals surface area contributed by atoms with E-state index in [1.807, 2.05) is 25.2 Å². The Bertz CT molecular complexity index is 558. The van der Waals surface area contributed by atoms with Crippen LogP contribution < -0.4 is 10.1 Å². The van der Waals surface area contributed by atoms with E-state index in [0.717, 1.165) is 21.0 Å². The van der Waals surface area contributed by atoms with Crippen molar-refractivity contribution in [2.24, 2.45) is 0 Å². The van der Waals surface area contributed by atoms with Gasteiger partial charge in [0.25, 0.3) is 0 Å². The first-order chi connectivity index (χ1) is 9.13. The molecule has 19 heavy (non-hydrogen) atoms. The minimum Gasteiger partial charge on any atom is -0.497 e. The van der Waals surface area contributed by atoms with Crippen molar-refractivity contribution in [3.63, 3.8) is 0 Å². The van der Waals surface area contributed by atoms with Gasteiger partial charge in [0.2, 0.25) is 0 Å². The third-order valence-electron chi connectivity index (χ3n) is 2.96. The Morgan fingerprint density at radius 3 is 2.74 bits per heavy atom. The molecular formula is C14H15BrClNOS. The van der Waals surface area contributed by atoms with Gasteiger partial charge in [-0.1, -0.05) is 27.5 Å². The summed E-state index contributed by atoms with van der Waals surface area (Å²) < 4.78 is 7.20. The number of ether oxygens (including phenoxy) is 1. The molecule has 0 saturated heterocycles. The lowest BCUT2D eigenvalue weighted by molar-refractivity contribution is 0.413. The molecule has 1 aromatic heterocycles. The molecule has 2 rings (SSSR count). The van der Waals surface area contributed by atoms with Crippen molar-refractivity contribution in [2.75, 3.05) is 14.2 Å². The number of rotatable bonds is 5. The fourth-order valence-electron chi connectivity index (χ4n) is 1.95. The lowest BCUT2D eigenvalue weighted by atomic mass is 10.0. The predicted octanol–water partition coefficient (Wildman–Crippen LogP) is 4.68. The van der Waals surface area contributed by atoms with Gasteiger partial charge in [-0.2, -0.15) is 0 Å². The zero-order chi connectivity index (χ0) is 13.8. The average molecular weight is 361 g/mol. The van der Waals surface area contributed by atoms with Crippen LogP contribution in [0, 0.1) is 0 Å². The summed E-state index contributed by atoms with van der Waals surface area (Å²) in [4.78, 5) is 1.26. The van der Waals surface area contributed by atoms with Gasteiger partial charge >= 0.3 is 0 Å². The summed E-state index contributed by atoms with van der Waals surface area (Å²) in [6.07, 6.45) is 0.902. The maximum absolute atomic E-state index is 5.98. The van der Waals surface area contributed by atoms with E-state index >= 15 is 0 Å². The molecule has 0 saturated carbocycles. The third-order valence-corrected chi connectivity index (χ3v) is 4.94. The Morgan fingerprint density at radius 2 is 2.16 bits per heavy atom. The maximum atomic E-state index is 5.98. The number of benzene rings is 1. The second kappa shape index (κ2) is 6.75. The Kier molecular flexibility index (Phi) is 5.28. The van der Waals surface area contributed by atoms with Gasteiger partial charge in [-0.05, 0) is 42.9 Å². The summed E-state index contributed by atoms with van der Waals surface area (Å²) in [6, 6.07) is 10.3. The minimum absolute atomic E-state index is 0.221. The molecule has 1 heterocycles. The van der Waals surface area contributed by atoms with Crippen molar-refractivity contribution in [3.8, 4) is 5.75 Å². The lowest BCUT2D eigenvalue weighted by Gasteiger charge is -2.18. The Hall–Kier alpha value is -0.550. The summed E-state index contributed by atoms with van der Waals surface area (Å²) >= 11 is 11.2. The molecule has 1 N–H and O–H groups in total. The zero-order valence-electron chi connectivity index (χ0n) is 10.7. The van der Waals surface area contributed by atoms with Gasteiger partial charge in [0.15, 0.2) is 0 Å². The first kappa shape index (κ1) is 14.9. The highest BCUT2D eigenvalue weighted by Gasteiger charge is 2.15. The van der Waals surface area contributed by atoms with Crippen molar-refractivity contribution in [3.05, 3.63) is 49.6 Å². The Balaban J connectivity index is 2.26. The minimum atomic E-state index is 0.221. The van der Waals surface area contributed by atoms with E-state index in [9.17, 15) is 0 Å². The first-order valence-electron chi connectivity index (χ1n) is 5.89. The smallest absolute Gasteiger partial charge is 0.119 e. The fraction of sp³-hybridized carbons (Fsp3) is 0.286. The van der Waals surface area contributed by atoms with E-state index in [1.165, 1.54) is 10.4 Å². The van der Waals surface area contributed by atoms with E-state index in [2.05, 4.69) is 33.4 Å². The highest BCUT2D eigenvalue weighted by Crippen LogP contribution is 2.32. The average Bonchev–Trinajstić information content (AvgIpc) is 2.82. The molecule has 0 radical (unpaired) electrons. The van der Waals surface area contributed by atoms with Crippen LogP contribution in [0.2, 0.25) is 4.34 Å². The van der Waals surface area contributed by atoms with E-state index in [4.69, 9.17) is 16.3 Å². The molecule has 0 aliphatic heterocycles. The molecule has 0 amide bonds. The third kappa shape index (κ3) is 3.72. The molecular weight excluding hydrogens is 346 g/mol. The van der Waals surface area contributed by atoms with Gasteiger partial charge in [-0.25, -0.2) is 0 Å². The van der Waals surface area contributed by atoms with Crippen LogP contribution in [0.15, 0.2) is 34.8 Å². The molecule has 102 valence electrons. The largest absolute Gasteiger partial charge is 0.497 e. The molecule has 5 heteroatoms. The van der Waals surface area contributed by atoms with Crippen LogP contribution in [-0.4, -0.2) is 14.2 Å². The standard InChI is InChI=1S/C14H15BrClNOS/c1-17-13(8-10-4-6-14(16)19-10)11-7-9(18-2)3-5-12(11)15/h3-7,13,17H,8H2,1-2H3. The number of nitrogens with one attached hydrogen (secondary N) is 1. The van der Waals surface area contributed by atoms with E-state index in [0.29, 0.717) is 0 Å². The predicted molar refractivity (Wildman–Crippen MR) is 85.5 cm³/mol. The summed E-state index contributed by atoms with van der Waals surface area (Å²) in [5.41, 5.74) is 1.19. The molecule has 2 aromatic rings. The van der Waals surface area contributed by atoms with Crippen LogP contribution in [-0.2, 0) is 6.42 Å². The van der Waals surface area contributed by atoms with Crippen molar-refractivity contribution < 1.29 is 4.74 Å². The number of thiophene rings is 1. The molecule has 0 spiro atoms.